The number of benzene rings is 1. The summed E-state index contributed by atoms with van der Waals surface area (Å²) in [6.07, 6.45) is -5.99. The zero-order valence-electron chi connectivity index (χ0n) is 7.40. The van der Waals surface area contributed by atoms with Gasteiger partial charge in [0.05, 0.1) is 10.6 Å². The van der Waals surface area contributed by atoms with E-state index in [4.69, 9.17) is 16.7 Å². The van der Waals surface area contributed by atoms with Gasteiger partial charge in [-0.1, -0.05) is 27.5 Å². The summed E-state index contributed by atoms with van der Waals surface area (Å²) in [7, 11) is 0. The highest BCUT2D eigenvalue weighted by atomic mass is 79.9. The van der Waals surface area contributed by atoms with Gasteiger partial charge < -0.3 is 5.11 Å². The molecular formula is C8H4BrClF3NO2. The van der Waals surface area contributed by atoms with Gasteiger partial charge in [0, 0.05) is 10.2 Å². The monoisotopic (exact) mass is 317 g/mol. The highest BCUT2D eigenvalue weighted by Crippen LogP contribution is 2.41. The third-order valence-electron chi connectivity index (χ3n) is 1.58. The predicted molar refractivity (Wildman–Crippen MR) is 55.8 cm³/mol. The summed E-state index contributed by atoms with van der Waals surface area (Å²) in [5.74, 6) is 0. The van der Waals surface area contributed by atoms with Crippen LogP contribution in [0.25, 0.3) is 0 Å². The summed E-state index contributed by atoms with van der Waals surface area (Å²) in [5.41, 5.74) is -1.08. The molecule has 1 rings (SSSR count). The first-order chi connectivity index (χ1) is 7.21. The molecule has 0 saturated heterocycles. The van der Waals surface area contributed by atoms with E-state index in [2.05, 4.69) is 15.9 Å². The normalized spacial score (nSPS) is 11.3. The molecule has 0 aliphatic rings. The third kappa shape index (κ3) is 3.02. The Labute approximate surface area is 101 Å². The Morgan fingerprint density at radius 2 is 2.00 bits per heavy atom. The quantitative estimate of drug-likeness (QED) is 0.815. The summed E-state index contributed by atoms with van der Waals surface area (Å²) in [5, 5.41) is 9.71. The molecule has 0 unspecified atom stereocenters. The van der Waals surface area contributed by atoms with Crippen molar-refractivity contribution in [1.29, 1.82) is 0 Å². The van der Waals surface area contributed by atoms with Crippen molar-refractivity contribution in [3.63, 3.8) is 0 Å². The molecule has 1 aromatic rings. The molecule has 0 bridgehead atoms. The lowest BCUT2D eigenvalue weighted by Gasteiger charge is -2.12. The summed E-state index contributed by atoms with van der Waals surface area (Å²) in [6, 6.07) is 1.88. The molecule has 16 heavy (non-hydrogen) atoms. The van der Waals surface area contributed by atoms with Crippen molar-refractivity contribution in [2.24, 2.45) is 0 Å². The Morgan fingerprint density at radius 3 is 2.38 bits per heavy atom. The van der Waals surface area contributed by atoms with E-state index in [1.54, 1.807) is 0 Å². The van der Waals surface area contributed by atoms with Crippen molar-refractivity contribution in [2.75, 3.05) is 5.32 Å². The Bertz CT molecular complexity index is 413. The first-order valence-corrected chi connectivity index (χ1v) is 4.95. The molecule has 8 heteroatoms. The average Bonchev–Trinajstić information content (AvgIpc) is 1.96. The number of hydrogen-bond donors (Lipinski definition) is 2. The predicted octanol–water partition coefficient (Wildman–Crippen LogP) is 4.21. The molecule has 1 aromatic carbocycles. The maximum Gasteiger partial charge on any atom is 0.418 e. The fourth-order valence-corrected chi connectivity index (χ4v) is 2.17. The van der Waals surface area contributed by atoms with E-state index >= 15 is 0 Å². The van der Waals surface area contributed by atoms with Gasteiger partial charge in [-0.3, -0.25) is 5.32 Å². The molecule has 2 N–H and O–H groups in total. The number of rotatable bonds is 1. The van der Waals surface area contributed by atoms with Crippen LogP contribution in [0, 0.1) is 0 Å². The molecule has 88 valence electrons. The lowest BCUT2D eigenvalue weighted by molar-refractivity contribution is -0.138. The van der Waals surface area contributed by atoms with Crippen LogP contribution in [-0.4, -0.2) is 11.2 Å². The van der Waals surface area contributed by atoms with Crippen molar-refractivity contribution < 1.29 is 23.1 Å². The maximum absolute atomic E-state index is 12.5. The first kappa shape index (κ1) is 13.1. The van der Waals surface area contributed by atoms with Gasteiger partial charge in [-0.05, 0) is 12.1 Å². The Morgan fingerprint density at radius 1 is 1.44 bits per heavy atom. The number of amides is 1. The minimum absolute atomic E-state index is 0.0441. The topological polar surface area (TPSA) is 49.3 Å². The molecule has 3 nitrogen and oxygen atoms in total. The lowest BCUT2D eigenvalue weighted by Crippen LogP contribution is -2.10. The van der Waals surface area contributed by atoms with E-state index in [1.807, 2.05) is 5.32 Å². The van der Waals surface area contributed by atoms with Crippen LogP contribution in [0.2, 0.25) is 5.02 Å². The number of hydrogen-bond acceptors (Lipinski definition) is 1. The van der Waals surface area contributed by atoms with Crippen molar-refractivity contribution in [3.05, 3.63) is 27.2 Å². The van der Waals surface area contributed by atoms with Gasteiger partial charge in [0.15, 0.2) is 0 Å². The summed E-state index contributed by atoms with van der Waals surface area (Å²) in [4.78, 5) is 10.3. The highest BCUT2D eigenvalue weighted by molar-refractivity contribution is 9.10. The summed E-state index contributed by atoms with van der Waals surface area (Å²) < 4.78 is 37.0. The van der Waals surface area contributed by atoms with Crippen LogP contribution >= 0.6 is 27.5 Å². The van der Waals surface area contributed by atoms with Gasteiger partial charge in [0.25, 0.3) is 0 Å². The van der Waals surface area contributed by atoms with Crippen molar-refractivity contribution >= 4 is 39.3 Å². The van der Waals surface area contributed by atoms with E-state index in [1.165, 1.54) is 0 Å². The molecule has 0 aromatic heterocycles. The second-order valence-corrected chi connectivity index (χ2v) is 4.00. The minimum atomic E-state index is -4.60. The molecule has 0 atom stereocenters. The van der Waals surface area contributed by atoms with Gasteiger partial charge in [-0.25, -0.2) is 4.79 Å². The Hall–Kier alpha value is -0.950. The van der Waals surface area contributed by atoms with Crippen molar-refractivity contribution in [2.45, 2.75) is 6.18 Å². The largest absolute Gasteiger partial charge is 0.465 e. The zero-order valence-corrected chi connectivity index (χ0v) is 9.74. The Kier molecular flexibility index (Phi) is 3.69. The third-order valence-corrected chi connectivity index (χ3v) is 2.50. The van der Waals surface area contributed by atoms with E-state index in [-0.39, 0.29) is 10.2 Å². The lowest BCUT2D eigenvalue weighted by atomic mass is 10.2. The maximum atomic E-state index is 12.5. The van der Waals surface area contributed by atoms with Crippen molar-refractivity contribution in [1.82, 2.24) is 0 Å². The van der Waals surface area contributed by atoms with Gasteiger partial charge in [-0.15, -0.1) is 0 Å². The molecular weight excluding hydrogens is 314 g/mol. The number of alkyl halides is 3. The summed E-state index contributed by atoms with van der Waals surface area (Å²) >= 11 is 8.11. The highest BCUT2D eigenvalue weighted by Gasteiger charge is 2.35. The molecule has 0 aliphatic carbocycles. The van der Waals surface area contributed by atoms with Crippen molar-refractivity contribution in [3.8, 4) is 0 Å². The number of nitrogens with one attached hydrogen (secondary N) is 1. The van der Waals surface area contributed by atoms with Crippen LogP contribution in [-0.2, 0) is 6.18 Å². The molecule has 0 radical (unpaired) electrons. The number of anilines is 1. The number of halogens is 5. The molecule has 1 amide bonds. The van der Waals surface area contributed by atoms with E-state index in [0.29, 0.717) is 0 Å². The standard InChI is InChI=1S/C8H4BrClF3NO2/c9-4-1-3(14-7(15)16)2-5(10)6(4)8(11,12)13/h1-2,14H,(H,15,16). The van der Waals surface area contributed by atoms with Gasteiger partial charge in [0.1, 0.15) is 0 Å². The molecule has 0 heterocycles. The van der Waals surface area contributed by atoms with Gasteiger partial charge >= 0.3 is 12.3 Å². The molecule has 0 spiro atoms. The van der Waals surface area contributed by atoms with Crippen LogP contribution in [0.1, 0.15) is 5.56 Å². The van der Waals surface area contributed by atoms with Gasteiger partial charge in [-0.2, -0.15) is 13.2 Å². The smallest absolute Gasteiger partial charge is 0.418 e. The fraction of sp³-hybridized carbons (Fsp3) is 0.125. The van der Waals surface area contributed by atoms with E-state index < -0.39 is 22.9 Å². The summed E-state index contributed by atoms with van der Waals surface area (Å²) in [6.45, 7) is 0. The van der Waals surface area contributed by atoms with Crippen LogP contribution in [0.3, 0.4) is 0 Å². The molecule has 0 saturated carbocycles. The fourth-order valence-electron chi connectivity index (χ4n) is 1.04. The van der Waals surface area contributed by atoms with Crippen LogP contribution in [0.15, 0.2) is 16.6 Å². The van der Waals surface area contributed by atoms with Gasteiger partial charge in [0.2, 0.25) is 0 Å². The van der Waals surface area contributed by atoms with Crippen LogP contribution in [0.4, 0.5) is 23.7 Å². The van der Waals surface area contributed by atoms with Crippen LogP contribution in [0.5, 0.6) is 0 Å². The van der Waals surface area contributed by atoms with E-state index in [0.717, 1.165) is 12.1 Å². The zero-order chi connectivity index (χ0) is 12.5. The molecule has 0 aliphatic heterocycles. The number of carboxylic acid groups (broad SMARTS) is 1. The minimum Gasteiger partial charge on any atom is -0.465 e. The molecule has 0 fully saturated rings. The van der Waals surface area contributed by atoms with E-state index in [9.17, 15) is 18.0 Å². The average molecular weight is 318 g/mol. The first-order valence-electron chi connectivity index (χ1n) is 3.78. The second kappa shape index (κ2) is 4.50. The van der Waals surface area contributed by atoms with Crippen LogP contribution < -0.4 is 5.32 Å². The Balaban J connectivity index is 3.23. The number of carbonyl (C=O) groups is 1. The SMILES string of the molecule is O=C(O)Nc1cc(Cl)c(C(F)(F)F)c(Br)c1. The second-order valence-electron chi connectivity index (χ2n) is 2.74.